The fraction of sp³-hybridized carbons (Fsp3) is 0.333. The zero-order valence-corrected chi connectivity index (χ0v) is 20.2. The number of aromatic nitrogens is 5. The third-order valence-electron chi connectivity index (χ3n) is 7.91. The van der Waals surface area contributed by atoms with Gasteiger partial charge in [-0.05, 0) is 60.4 Å². The van der Waals surface area contributed by atoms with Crippen molar-refractivity contribution in [3.8, 4) is 0 Å². The molecule has 1 aromatic carbocycles. The second-order valence-corrected chi connectivity index (χ2v) is 10.0. The Morgan fingerprint density at radius 3 is 2.81 bits per heavy atom. The van der Waals surface area contributed by atoms with Gasteiger partial charge in [-0.3, -0.25) is 19.9 Å². The van der Waals surface area contributed by atoms with Crippen LogP contribution in [0.4, 0.5) is 5.95 Å². The molecular formula is C27H29N7O2. The Balaban J connectivity index is 1.25. The van der Waals surface area contributed by atoms with Crippen LogP contribution in [-0.2, 0) is 6.42 Å². The van der Waals surface area contributed by atoms with E-state index in [0.717, 1.165) is 37.9 Å². The number of piperidine rings is 1. The summed E-state index contributed by atoms with van der Waals surface area (Å²) in [6, 6.07) is 12.0. The Labute approximate surface area is 208 Å². The summed E-state index contributed by atoms with van der Waals surface area (Å²) < 4.78 is 0. The highest BCUT2D eigenvalue weighted by Gasteiger charge is 2.46. The summed E-state index contributed by atoms with van der Waals surface area (Å²) in [5.74, 6) is 0.535. The summed E-state index contributed by atoms with van der Waals surface area (Å²) in [5.41, 5.74) is 11.8. The van der Waals surface area contributed by atoms with Crippen LogP contribution >= 0.6 is 0 Å². The van der Waals surface area contributed by atoms with E-state index in [-0.39, 0.29) is 17.0 Å². The second-order valence-electron chi connectivity index (χ2n) is 10.0. The first-order valence-corrected chi connectivity index (χ1v) is 12.3. The second kappa shape index (κ2) is 8.39. The molecule has 9 nitrogen and oxygen atoms in total. The lowest BCUT2D eigenvalue weighted by molar-refractivity contribution is 0.187. The maximum atomic E-state index is 13.2. The molecule has 0 amide bonds. The molecule has 0 bridgehead atoms. The van der Waals surface area contributed by atoms with Crippen molar-refractivity contribution in [2.24, 2.45) is 11.1 Å². The lowest BCUT2D eigenvalue weighted by Gasteiger charge is -2.42. The van der Waals surface area contributed by atoms with E-state index < -0.39 is 6.10 Å². The molecule has 6 rings (SSSR count). The highest BCUT2D eigenvalue weighted by molar-refractivity contribution is 5.92. The molecule has 0 radical (unpaired) electrons. The van der Waals surface area contributed by atoms with Gasteiger partial charge in [0.2, 0.25) is 5.95 Å². The maximum Gasteiger partial charge on any atom is 0.264 e. The zero-order valence-electron chi connectivity index (χ0n) is 20.2. The average Bonchev–Trinajstić information content (AvgIpc) is 3.44. The van der Waals surface area contributed by atoms with Gasteiger partial charge >= 0.3 is 0 Å². The van der Waals surface area contributed by atoms with Crippen LogP contribution in [0.2, 0.25) is 0 Å². The van der Waals surface area contributed by atoms with E-state index >= 15 is 0 Å². The Hall–Kier alpha value is -3.82. The van der Waals surface area contributed by atoms with Crippen molar-refractivity contribution >= 4 is 22.6 Å². The number of rotatable bonds is 4. The fourth-order valence-electron chi connectivity index (χ4n) is 5.77. The van der Waals surface area contributed by atoms with Gasteiger partial charge in [-0.2, -0.15) is 10.1 Å². The van der Waals surface area contributed by atoms with Crippen LogP contribution in [0.15, 0.2) is 54.0 Å². The molecule has 1 aliphatic carbocycles. The van der Waals surface area contributed by atoms with Gasteiger partial charge in [0, 0.05) is 30.9 Å². The number of anilines is 1. The molecule has 1 aliphatic heterocycles. The molecule has 36 heavy (non-hydrogen) atoms. The number of aliphatic hydroxyl groups is 1. The summed E-state index contributed by atoms with van der Waals surface area (Å²) in [6.07, 6.45) is 3.76. The normalized spacial score (nSPS) is 19.5. The summed E-state index contributed by atoms with van der Waals surface area (Å²) >= 11 is 0. The highest BCUT2D eigenvalue weighted by Crippen LogP contribution is 2.50. The van der Waals surface area contributed by atoms with Crippen molar-refractivity contribution in [1.29, 1.82) is 0 Å². The first-order valence-electron chi connectivity index (χ1n) is 12.3. The molecule has 184 valence electrons. The van der Waals surface area contributed by atoms with Crippen molar-refractivity contribution in [3.63, 3.8) is 0 Å². The van der Waals surface area contributed by atoms with Crippen LogP contribution in [0.3, 0.4) is 0 Å². The van der Waals surface area contributed by atoms with E-state index in [9.17, 15) is 9.90 Å². The van der Waals surface area contributed by atoms with Gasteiger partial charge < -0.3 is 15.7 Å². The monoisotopic (exact) mass is 483 g/mol. The van der Waals surface area contributed by atoms with Gasteiger partial charge in [-0.25, -0.2) is 0 Å². The number of pyridine rings is 1. The predicted octanol–water partition coefficient (Wildman–Crippen LogP) is 3.00. The van der Waals surface area contributed by atoms with E-state index in [4.69, 9.17) is 10.7 Å². The Morgan fingerprint density at radius 1 is 1.28 bits per heavy atom. The molecule has 1 fully saturated rings. The van der Waals surface area contributed by atoms with E-state index in [2.05, 4.69) is 55.9 Å². The van der Waals surface area contributed by atoms with E-state index in [1.165, 1.54) is 11.1 Å². The molecular weight excluding hydrogens is 454 g/mol. The first kappa shape index (κ1) is 22.6. The third kappa shape index (κ3) is 3.54. The summed E-state index contributed by atoms with van der Waals surface area (Å²) in [4.78, 5) is 27.2. The van der Waals surface area contributed by atoms with Gasteiger partial charge in [0.05, 0.1) is 11.8 Å². The van der Waals surface area contributed by atoms with Crippen LogP contribution in [0.25, 0.3) is 16.6 Å². The molecule has 4 aromatic rings. The number of nitrogens with one attached hydrogen (secondary N) is 2. The lowest BCUT2D eigenvalue weighted by Crippen LogP contribution is -2.45. The standard InChI is InChI=1S/C27H29N7O2/c1-15(17-7-10-29-20(13-17)16(2)35)22-21-24(33-32-22)30-26(31-25(21)36)34-11-8-27(9-12-34)14-18-5-3-4-6-19(18)23(27)28/h3-7,10,13,16,23,35H,1,8-9,11-12,14,28H2,2H3,(H2,30,31,32,33,36)/t16?,23-/m1/s1. The highest BCUT2D eigenvalue weighted by atomic mass is 16.3. The molecule has 4 heterocycles. The van der Waals surface area contributed by atoms with Crippen LogP contribution in [0.5, 0.6) is 0 Å². The summed E-state index contributed by atoms with van der Waals surface area (Å²) in [6.45, 7) is 7.32. The van der Waals surface area contributed by atoms with Crippen molar-refractivity contribution in [2.75, 3.05) is 18.0 Å². The minimum absolute atomic E-state index is 0.0361. The molecule has 1 spiro atoms. The van der Waals surface area contributed by atoms with Gasteiger partial charge in [-0.15, -0.1) is 0 Å². The van der Waals surface area contributed by atoms with Crippen LogP contribution in [0, 0.1) is 5.41 Å². The smallest absolute Gasteiger partial charge is 0.264 e. The zero-order chi connectivity index (χ0) is 25.0. The molecule has 0 saturated carbocycles. The summed E-state index contributed by atoms with van der Waals surface area (Å²) in [7, 11) is 0. The van der Waals surface area contributed by atoms with Crippen molar-refractivity contribution < 1.29 is 5.11 Å². The van der Waals surface area contributed by atoms with Gasteiger partial charge in [0.1, 0.15) is 11.1 Å². The summed E-state index contributed by atoms with van der Waals surface area (Å²) in [5, 5.41) is 17.5. The van der Waals surface area contributed by atoms with Crippen LogP contribution in [0.1, 0.15) is 60.0 Å². The molecule has 3 aromatic heterocycles. The number of benzene rings is 1. The minimum Gasteiger partial charge on any atom is -0.387 e. The molecule has 2 atom stereocenters. The van der Waals surface area contributed by atoms with E-state index in [1.54, 1.807) is 25.3 Å². The predicted molar refractivity (Wildman–Crippen MR) is 138 cm³/mol. The number of H-pyrrole nitrogens is 2. The maximum absolute atomic E-state index is 13.2. The Bertz CT molecular complexity index is 1530. The molecule has 1 saturated heterocycles. The van der Waals surface area contributed by atoms with Crippen molar-refractivity contribution in [3.05, 3.63) is 87.6 Å². The first-order chi connectivity index (χ1) is 17.4. The number of hydrogen-bond acceptors (Lipinski definition) is 7. The molecule has 9 heteroatoms. The molecule has 2 aliphatic rings. The largest absolute Gasteiger partial charge is 0.387 e. The van der Waals surface area contributed by atoms with Gasteiger partial charge in [-0.1, -0.05) is 30.8 Å². The van der Waals surface area contributed by atoms with E-state index in [0.29, 0.717) is 33.9 Å². The quantitative estimate of drug-likeness (QED) is 0.350. The fourth-order valence-corrected chi connectivity index (χ4v) is 5.77. The van der Waals surface area contributed by atoms with Crippen molar-refractivity contribution in [1.82, 2.24) is 25.1 Å². The minimum atomic E-state index is -0.710. The number of nitrogens with two attached hydrogens (primary N) is 1. The van der Waals surface area contributed by atoms with Crippen LogP contribution in [-0.4, -0.2) is 43.3 Å². The van der Waals surface area contributed by atoms with E-state index in [1.807, 2.05) is 0 Å². The Morgan fingerprint density at radius 2 is 2.06 bits per heavy atom. The number of hydrogen-bond donors (Lipinski definition) is 4. The number of aliphatic hydroxyl groups excluding tert-OH is 1. The van der Waals surface area contributed by atoms with Crippen molar-refractivity contribution in [2.45, 2.75) is 38.3 Å². The van der Waals surface area contributed by atoms with Gasteiger partial charge in [0.25, 0.3) is 5.56 Å². The Kier molecular flexibility index (Phi) is 5.27. The van der Waals surface area contributed by atoms with Crippen LogP contribution < -0.4 is 16.2 Å². The number of nitrogens with zero attached hydrogens (tertiary/aromatic N) is 4. The number of fused-ring (bicyclic) bond motifs is 2. The average molecular weight is 484 g/mol. The number of aromatic amines is 2. The topological polar surface area (TPSA) is 137 Å². The van der Waals surface area contributed by atoms with Gasteiger partial charge in [0.15, 0.2) is 5.65 Å². The third-order valence-corrected chi connectivity index (χ3v) is 7.91. The lowest BCUT2D eigenvalue weighted by atomic mass is 9.73. The molecule has 1 unspecified atom stereocenters. The SMILES string of the molecule is C=C(c1ccnc(C(C)O)c1)c1n[nH]c2nc(N3CCC4(CC3)Cc3ccccc3[C@H]4N)[nH]c(=O)c12. The molecule has 5 N–H and O–H groups in total.